The lowest BCUT2D eigenvalue weighted by Crippen LogP contribution is -2.53. The van der Waals surface area contributed by atoms with E-state index in [0.29, 0.717) is 0 Å². The molecule has 1 fully saturated rings. The van der Waals surface area contributed by atoms with E-state index in [1.807, 2.05) is 25.1 Å². The second-order valence-corrected chi connectivity index (χ2v) is 5.49. The quantitative estimate of drug-likeness (QED) is 0.832. The van der Waals surface area contributed by atoms with Gasteiger partial charge in [-0.2, -0.15) is 0 Å². The maximum atomic E-state index is 12.0. The Morgan fingerprint density at radius 1 is 1.20 bits per heavy atom. The van der Waals surface area contributed by atoms with E-state index < -0.39 is 0 Å². The number of carbonyl (C=O) groups excluding carboxylic acids is 1. The first-order valence-corrected chi connectivity index (χ1v) is 7.05. The summed E-state index contributed by atoms with van der Waals surface area (Å²) in [7, 11) is 3.61. The molecule has 0 radical (unpaired) electrons. The van der Waals surface area contributed by atoms with Crippen molar-refractivity contribution in [3.8, 4) is 0 Å². The zero-order valence-corrected chi connectivity index (χ0v) is 12.5. The predicted molar refractivity (Wildman–Crippen MR) is 82.8 cm³/mol. The Hall–Kier alpha value is -1.75. The molecule has 0 aromatic heterocycles. The third kappa shape index (κ3) is 3.04. The van der Waals surface area contributed by atoms with Crippen LogP contribution in [0.1, 0.15) is 6.92 Å². The molecule has 1 atom stereocenters. The van der Waals surface area contributed by atoms with Gasteiger partial charge >= 0.3 is 0 Å². The number of rotatable bonds is 3. The third-order valence-electron chi connectivity index (χ3n) is 3.94. The Morgan fingerprint density at radius 2 is 1.80 bits per heavy atom. The fourth-order valence-electron chi connectivity index (χ4n) is 2.66. The molecule has 2 rings (SSSR count). The van der Waals surface area contributed by atoms with E-state index in [9.17, 15) is 4.79 Å². The van der Waals surface area contributed by atoms with Crippen LogP contribution >= 0.6 is 0 Å². The molecule has 5 heteroatoms. The summed E-state index contributed by atoms with van der Waals surface area (Å²) in [6.45, 7) is 5.55. The van der Waals surface area contributed by atoms with Gasteiger partial charge in [-0.25, -0.2) is 0 Å². The fraction of sp³-hybridized carbons (Fsp3) is 0.533. The van der Waals surface area contributed by atoms with Crippen molar-refractivity contribution in [2.75, 3.05) is 50.9 Å². The van der Waals surface area contributed by atoms with Crippen LogP contribution in [0, 0.1) is 0 Å². The number of piperazine rings is 1. The number of benzene rings is 1. The lowest BCUT2D eigenvalue weighted by atomic mass is 10.2. The third-order valence-corrected chi connectivity index (χ3v) is 3.94. The van der Waals surface area contributed by atoms with Gasteiger partial charge in [-0.05, 0) is 19.1 Å². The average Bonchev–Trinajstić information content (AvgIpc) is 2.46. The number of likely N-dealkylation sites (N-methyl/N-ethyl adjacent to an activating group) is 1. The highest BCUT2D eigenvalue weighted by atomic mass is 16.2. The van der Waals surface area contributed by atoms with Gasteiger partial charge < -0.3 is 15.5 Å². The van der Waals surface area contributed by atoms with Crippen molar-refractivity contribution in [1.29, 1.82) is 0 Å². The average molecular weight is 276 g/mol. The van der Waals surface area contributed by atoms with E-state index in [-0.39, 0.29) is 11.9 Å². The highest BCUT2D eigenvalue weighted by molar-refractivity contribution is 5.81. The van der Waals surface area contributed by atoms with Gasteiger partial charge in [0, 0.05) is 40.3 Å². The van der Waals surface area contributed by atoms with Crippen LogP contribution in [0.3, 0.4) is 0 Å². The SMILES string of the molecule is CC(C(=O)N(C)C)N1CCN(c2ccccc2N)CC1. The molecule has 1 aromatic carbocycles. The summed E-state index contributed by atoms with van der Waals surface area (Å²) in [6.07, 6.45) is 0. The second-order valence-electron chi connectivity index (χ2n) is 5.49. The first-order valence-electron chi connectivity index (χ1n) is 7.05. The monoisotopic (exact) mass is 276 g/mol. The molecule has 2 N–H and O–H groups in total. The molecular formula is C15H24N4O. The zero-order chi connectivity index (χ0) is 14.7. The molecular weight excluding hydrogens is 252 g/mol. The molecule has 0 spiro atoms. The van der Waals surface area contributed by atoms with E-state index in [4.69, 9.17) is 5.73 Å². The summed E-state index contributed by atoms with van der Waals surface area (Å²) in [5.41, 5.74) is 7.93. The number of hydrogen-bond donors (Lipinski definition) is 1. The molecule has 1 aromatic rings. The van der Waals surface area contributed by atoms with Crippen LogP contribution in [0.25, 0.3) is 0 Å². The second kappa shape index (κ2) is 6.13. The van der Waals surface area contributed by atoms with Gasteiger partial charge in [-0.15, -0.1) is 0 Å². The van der Waals surface area contributed by atoms with E-state index in [1.165, 1.54) is 0 Å². The topological polar surface area (TPSA) is 52.8 Å². The number of carbonyl (C=O) groups is 1. The normalized spacial score (nSPS) is 17.9. The minimum atomic E-state index is -0.0553. The maximum absolute atomic E-state index is 12.0. The van der Waals surface area contributed by atoms with E-state index >= 15 is 0 Å². The van der Waals surface area contributed by atoms with Crippen LogP contribution in [0.15, 0.2) is 24.3 Å². The summed E-state index contributed by atoms with van der Waals surface area (Å²) < 4.78 is 0. The van der Waals surface area contributed by atoms with Gasteiger partial charge in [0.1, 0.15) is 0 Å². The van der Waals surface area contributed by atoms with Crippen LogP contribution in [0.2, 0.25) is 0 Å². The highest BCUT2D eigenvalue weighted by Crippen LogP contribution is 2.24. The Labute approximate surface area is 120 Å². The number of nitrogens with zero attached hydrogens (tertiary/aromatic N) is 3. The molecule has 1 saturated heterocycles. The number of anilines is 2. The first-order chi connectivity index (χ1) is 9.50. The Bertz CT molecular complexity index is 467. The van der Waals surface area contributed by atoms with Crippen molar-refractivity contribution < 1.29 is 4.79 Å². The van der Waals surface area contributed by atoms with Gasteiger partial charge in [0.25, 0.3) is 0 Å². The van der Waals surface area contributed by atoms with Gasteiger partial charge in [0.2, 0.25) is 5.91 Å². The van der Waals surface area contributed by atoms with E-state index in [2.05, 4.69) is 15.9 Å². The molecule has 1 aliphatic rings. The zero-order valence-electron chi connectivity index (χ0n) is 12.5. The van der Waals surface area contributed by atoms with Gasteiger partial charge in [-0.1, -0.05) is 12.1 Å². The summed E-state index contributed by atoms with van der Waals surface area (Å²) in [4.78, 5) is 18.2. The Morgan fingerprint density at radius 3 is 2.35 bits per heavy atom. The Balaban J connectivity index is 1.96. The lowest BCUT2D eigenvalue weighted by molar-refractivity contribution is -0.133. The van der Waals surface area contributed by atoms with Crippen LogP contribution < -0.4 is 10.6 Å². The van der Waals surface area contributed by atoms with Crippen LogP contribution in [0.5, 0.6) is 0 Å². The van der Waals surface area contributed by atoms with Crippen molar-refractivity contribution in [2.45, 2.75) is 13.0 Å². The molecule has 5 nitrogen and oxygen atoms in total. The van der Waals surface area contributed by atoms with Crippen molar-refractivity contribution in [2.24, 2.45) is 0 Å². The lowest BCUT2D eigenvalue weighted by Gasteiger charge is -2.39. The molecule has 1 unspecified atom stereocenters. The van der Waals surface area contributed by atoms with Crippen LogP contribution in [-0.2, 0) is 4.79 Å². The molecule has 0 bridgehead atoms. The van der Waals surface area contributed by atoms with Crippen LogP contribution in [-0.4, -0.2) is 62.0 Å². The predicted octanol–water partition coefficient (Wildman–Crippen LogP) is 0.867. The largest absolute Gasteiger partial charge is 0.397 e. The number of amides is 1. The molecule has 1 amide bonds. The van der Waals surface area contributed by atoms with Crippen molar-refractivity contribution in [3.05, 3.63) is 24.3 Å². The van der Waals surface area contributed by atoms with Crippen LogP contribution in [0.4, 0.5) is 11.4 Å². The van der Waals surface area contributed by atoms with E-state index in [1.54, 1.807) is 19.0 Å². The summed E-state index contributed by atoms with van der Waals surface area (Å²) in [5.74, 6) is 0.165. The minimum absolute atomic E-state index is 0.0553. The molecule has 110 valence electrons. The summed E-state index contributed by atoms with van der Waals surface area (Å²) >= 11 is 0. The van der Waals surface area contributed by atoms with Gasteiger partial charge in [0.05, 0.1) is 17.4 Å². The maximum Gasteiger partial charge on any atom is 0.239 e. The standard InChI is InChI=1S/C15H24N4O/c1-12(15(20)17(2)3)18-8-10-19(11-9-18)14-7-5-4-6-13(14)16/h4-7,12H,8-11,16H2,1-3H3. The molecule has 0 saturated carbocycles. The number of nitrogen functional groups attached to an aromatic ring is 1. The molecule has 1 aliphatic heterocycles. The summed E-state index contributed by atoms with van der Waals surface area (Å²) in [6, 6.07) is 7.89. The number of para-hydroxylation sites is 2. The highest BCUT2D eigenvalue weighted by Gasteiger charge is 2.26. The number of nitrogens with two attached hydrogens (primary N) is 1. The summed E-state index contributed by atoms with van der Waals surface area (Å²) in [5, 5.41) is 0. The Kier molecular flexibility index (Phi) is 4.49. The van der Waals surface area contributed by atoms with Gasteiger partial charge in [0.15, 0.2) is 0 Å². The first kappa shape index (κ1) is 14.7. The minimum Gasteiger partial charge on any atom is -0.397 e. The van der Waals surface area contributed by atoms with Gasteiger partial charge in [-0.3, -0.25) is 9.69 Å². The molecule has 20 heavy (non-hydrogen) atoms. The van der Waals surface area contributed by atoms with Crippen molar-refractivity contribution in [3.63, 3.8) is 0 Å². The molecule has 1 heterocycles. The smallest absolute Gasteiger partial charge is 0.239 e. The number of hydrogen-bond acceptors (Lipinski definition) is 4. The van der Waals surface area contributed by atoms with Crippen molar-refractivity contribution >= 4 is 17.3 Å². The van der Waals surface area contributed by atoms with Crippen molar-refractivity contribution in [1.82, 2.24) is 9.80 Å². The van der Waals surface area contributed by atoms with E-state index in [0.717, 1.165) is 37.6 Å². The fourth-order valence-corrected chi connectivity index (χ4v) is 2.66. The molecule has 0 aliphatic carbocycles.